The fourth-order valence-corrected chi connectivity index (χ4v) is 1.56. The lowest BCUT2D eigenvalue weighted by Gasteiger charge is -2.12. The van der Waals surface area contributed by atoms with E-state index in [4.69, 9.17) is 10.3 Å². The van der Waals surface area contributed by atoms with Crippen LogP contribution in [0, 0.1) is 12.8 Å². The SMILES string of the molecule is Cc1ccc(C(=O)NCC[C@H](CO)C(=O)NO)cc1. The van der Waals surface area contributed by atoms with Gasteiger partial charge in [0.15, 0.2) is 0 Å². The van der Waals surface area contributed by atoms with Gasteiger partial charge in [-0.1, -0.05) is 17.7 Å². The third kappa shape index (κ3) is 4.69. The Balaban J connectivity index is 2.42. The van der Waals surface area contributed by atoms with Crippen molar-refractivity contribution in [2.75, 3.05) is 13.2 Å². The van der Waals surface area contributed by atoms with Crippen molar-refractivity contribution in [3.8, 4) is 0 Å². The standard InChI is InChI=1S/C13H18N2O4/c1-9-2-4-10(5-3-9)12(17)14-7-6-11(8-16)13(18)15-19/h2-5,11,16,19H,6-8H2,1H3,(H,14,17)(H,15,18)/t11-/m1/s1. The number of hydrogen-bond donors (Lipinski definition) is 4. The second kappa shape index (κ2) is 7.50. The summed E-state index contributed by atoms with van der Waals surface area (Å²) >= 11 is 0. The summed E-state index contributed by atoms with van der Waals surface area (Å²) < 4.78 is 0. The van der Waals surface area contributed by atoms with E-state index in [0.29, 0.717) is 5.56 Å². The zero-order valence-corrected chi connectivity index (χ0v) is 10.7. The summed E-state index contributed by atoms with van der Waals surface area (Å²) in [5, 5.41) is 20.1. The molecule has 0 bridgehead atoms. The maximum atomic E-state index is 11.7. The van der Waals surface area contributed by atoms with Crippen LogP contribution in [-0.4, -0.2) is 35.3 Å². The largest absolute Gasteiger partial charge is 0.396 e. The second-order valence-corrected chi connectivity index (χ2v) is 4.27. The Kier molecular flexibility index (Phi) is 5.98. The minimum Gasteiger partial charge on any atom is -0.396 e. The molecule has 0 aliphatic rings. The van der Waals surface area contributed by atoms with Gasteiger partial charge in [-0.2, -0.15) is 0 Å². The average molecular weight is 266 g/mol. The Bertz CT molecular complexity index is 431. The van der Waals surface area contributed by atoms with Gasteiger partial charge in [0.05, 0.1) is 12.5 Å². The van der Waals surface area contributed by atoms with Crippen molar-refractivity contribution >= 4 is 11.8 Å². The van der Waals surface area contributed by atoms with E-state index in [1.54, 1.807) is 12.1 Å². The predicted octanol–water partition coefficient (Wildman–Crippen LogP) is 0.229. The molecule has 1 rings (SSSR count). The minimum absolute atomic E-state index is 0.235. The van der Waals surface area contributed by atoms with Crippen LogP contribution in [0.5, 0.6) is 0 Å². The molecule has 0 saturated carbocycles. The molecule has 1 aromatic carbocycles. The van der Waals surface area contributed by atoms with Gasteiger partial charge >= 0.3 is 0 Å². The van der Waals surface area contributed by atoms with E-state index in [1.807, 2.05) is 19.1 Å². The van der Waals surface area contributed by atoms with Gasteiger partial charge in [0, 0.05) is 12.1 Å². The Labute approximate surface area is 111 Å². The number of aliphatic hydroxyl groups excluding tert-OH is 1. The third-order valence-corrected chi connectivity index (χ3v) is 2.79. The zero-order valence-electron chi connectivity index (χ0n) is 10.7. The second-order valence-electron chi connectivity index (χ2n) is 4.27. The lowest BCUT2D eigenvalue weighted by Crippen LogP contribution is -2.34. The van der Waals surface area contributed by atoms with E-state index in [0.717, 1.165) is 5.56 Å². The number of rotatable bonds is 6. The Hall–Kier alpha value is -1.92. The molecule has 0 aliphatic carbocycles. The van der Waals surface area contributed by atoms with E-state index in [9.17, 15) is 9.59 Å². The van der Waals surface area contributed by atoms with Gasteiger partial charge in [0.25, 0.3) is 5.91 Å². The fourth-order valence-electron chi connectivity index (χ4n) is 1.56. The average Bonchev–Trinajstić information content (AvgIpc) is 2.43. The highest BCUT2D eigenvalue weighted by Gasteiger charge is 2.16. The molecule has 4 N–H and O–H groups in total. The molecule has 0 aromatic heterocycles. The first-order valence-corrected chi connectivity index (χ1v) is 5.98. The van der Waals surface area contributed by atoms with Crippen molar-refractivity contribution < 1.29 is 19.9 Å². The number of hydroxylamine groups is 1. The summed E-state index contributed by atoms with van der Waals surface area (Å²) in [6, 6.07) is 7.11. The fraction of sp³-hybridized carbons (Fsp3) is 0.385. The number of hydrogen-bond acceptors (Lipinski definition) is 4. The van der Waals surface area contributed by atoms with E-state index in [1.165, 1.54) is 5.48 Å². The number of nitrogens with one attached hydrogen (secondary N) is 2. The minimum atomic E-state index is -0.733. The van der Waals surface area contributed by atoms with Crippen molar-refractivity contribution in [3.63, 3.8) is 0 Å². The molecule has 6 heteroatoms. The molecule has 6 nitrogen and oxygen atoms in total. The summed E-state index contributed by atoms with van der Waals surface area (Å²) in [6.45, 7) is 1.79. The quantitative estimate of drug-likeness (QED) is 0.437. The molecule has 1 aromatic rings. The van der Waals surface area contributed by atoms with Gasteiger partial charge in [0.2, 0.25) is 5.91 Å². The summed E-state index contributed by atoms with van der Waals surface area (Å²) in [4.78, 5) is 22.8. The number of carbonyl (C=O) groups is 2. The predicted molar refractivity (Wildman–Crippen MR) is 68.6 cm³/mol. The highest BCUT2D eigenvalue weighted by atomic mass is 16.5. The molecule has 0 spiro atoms. The number of aliphatic hydroxyl groups is 1. The molecule has 1 atom stereocenters. The van der Waals surface area contributed by atoms with Crippen LogP contribution in [0.3, 0.4) is 0 Å². The summed E-state index contributed by atoms with van der Waals surface area (Å²) in [5.41, 5.74) is 3.09. The van der Waals surface area contributed by atoms with E-state index in [2.05, 4.69) is 5.32 Å². The Morgan fingerprint density at radius 1 is 1.26 bits per heavy atom. The number of carbonyl (C=O) groups excluding carboxylic acids is 2. The Morgan fingerprint density at radius 3 is 2.42 bits per heavy atom. The molecular formula is C13H18N2O4. The van der Waals surface area contributed by atoms with Crippen LogP contribution in [0.25, 0.3) is 0 Å². The zero-order chi connectivity index (χ0) is 14.3. The van der Waals surface area contributed by atoms with E-state index < -0.39 is 11.8 Å². The summed E-state index contributed by atoms with van der Waals surface area (Å²) in [7, 11) is 0. The van der Waals surface area contributed by atoms with Crippen molar-refractivity contribution in [1.29, 1.82) is 0 Å². The third-order valence-electron chi connectivity index (χ3n) is 2.79. The monoisotopic (exact) mass is 266 g/mol. The smallest absolute Gasteiger partial charge is 0.251 e. The van der Waals surface area contributed by atoms with Crippen molar-refractivity contribution in [2.24, 2.45) is 5.92 Å². The van der Waals surface area contributed by atoms with Crippen LogP contribution in [-0.2, 0) is 4.79 Å². The summed E-state index contributed by atoms with van der Waals surface area (Å²) in [5.74, 6) is -1.63. The van der Waals surface area contributed by atoms with Crippen LogP contribution >= 0.6 is 0 Å². The molecule has 104 valence electrons. The first-order chi connectivity index (χ1) is 9.08. The molecule has 0 saturated heterocycles. The number of benzene rings is 1. The number of amides is 2. The molecule has 0 aliphatic heterocycles. The molecule has 0 unspecified atom stereocenters. The van der Waals surface area contributed by atoms with Crippen LogP contribution in [0.2, 0.25) is 0 Å². The Morgan fingerprint density at radius 2 is 1.89 bits per heavy atom. The molecule has 19 heavy (non-hydrogen) atoms. The first kappa shape index (κ1) is 15.1. The van der Waals surface area contributed by atoms with Crippen molar-refractivity contribution in [1.82, 2.24) is 10.8 Å². The lowest BCUT2D eigenvalue weighted by molar-refractivity contribution is -0.134. The first-order valence-electron chi connectivity index (χ1n) is 5.98. The molecular weight excluding hydrogens is 248 g/mol. The van der Waals surface area contributed by atoms with Gasteiger partial charge in [-0.25, -0.2) is 5.48 Å². The maximum Gasteiger partial charge on any atom is 0.251 e. The highest BCUT2D eigenvalue weighted by molar-refractivity contribution is 5.94. The van der Waals surface area contributed by atoms with Crippen molar-refractivity contribution in [3.05, 3.63) is 35.4 Å². The molecule has 0 radical (unpaired) electrons. The van der Waals surface area contributed by atoms with Gasteiger partial charge in [-0.15, -0.1) is 0 Å². The maximum absolute atomic E-state index is 11.7. The highest BCUT2D eigenvalue weighted by Crippen LogP contribution is 2.04. The van der Waals surface area contributed by atoms with Crippen molar-refractivity contribution in [2.45, 2.75) is 13.3 Å². The lowest BCUT2D eigenvalue weighted by atomic mass is 10.1. The van der Waals surface area contributed by atoms with Crippen LogP contribution in [0.15, 0.2) is 24.3 Å². The van der Waals surface area contributed by atoms with Gasteiger partial charge < -0.3 is 10.4 Å². The molecule has 0 heterocycles. The number of aryl methyl sites for hydroxylation is 1. The normalized spacial score (nSPS) is 11.7. The van der Waals surface area contributed by atoms with Gasteiger partial charge in [0.1, 0.15) is 0 Å². The van der Waals surface area contributed by atoms with Crippen LogP contribution in [0.4, 0.5) is 0 Å². The summed E-state index contributed by atoms with van der Waals surface area (Å²) in [6.07, 6.45) is 0.250. The van der Waals surface area contributed by atoms with E-state index in [-0.39, 0.29) is 25.5 Å². The molecule has 2 amide bonds. The molecule has 0 fully saturated rings. The van der Waals surface area contributed by atoms with Gasteiger partial charge in [-0.3, -0.25) is 14.8 Å². The van der Waals surface area contributed by atoms with E-state index >= 15 is 0 Å². The van der Waals surface area contributed by atoms with Crippen LogP contribution < -0.4 is 10.8 Å². The topological polar surface area (TPSA) is 98.7 Å². The van der Waals surface area contributed by atoms with Gasteiger partial charge in [-0.05, 0) is 25.5 Å². The van der Waals surface area contributed by atoms with Crippen LogP contribution in [0.1, 0.15) is 22.3 Å².